The zero-order valence-electron chi connectivity index (χ0n) is 19.8. The van der Waals surface area contributed by atoms with Crippen LogP contribution in [0.5, 0.6) is 0 Å². The quantitative estimate of drug-likeness (QED) is 0.350. The fourth-order valence-electron chi connectivity index (χ4n) is 5.09. The molecule has 0 aliphatic carbocycles. The van der Waals surface area contributed by atoms with Crippen LogP contribution in [0.15, 0.2) is 120 Å². The molecule has 36 heavy (non-hydrogen) atoms. The summed E-state index contributed by atoms with van der Waals surface area (Å²) in [6.07, 6.45) is 2.72. The molecular formula is C30H26N6. The van der Waals surface area contributed by atoms with Crippen LogP contribution in [0.3, 0.4) is 0 Å². The molecule has 0 saturated heterocycles. The first-order valence-corrected chi connectivity index (χ1v) is 12.1. The van der Waals surface area contributed by atoms with Gasteiger partial charge < -0.3 is 5.32 Å². The third kappa shape index (κ3) is 3.86. The summed E-state index contributed by atoms with van der Waals surface area (Å²) in [5.74, 6) is 0.709. The normalized spacial score (nSPS) is 15.1. The van der Waals surface area contributed by atoms with E-state index in [0.29, 0.717) is 11.9 Å². The third-order valence-electron chi connectivity index (χ3n) is 6.78. The molecular weight excluding hydrogens is 444 g/mol. The number of aromatic nitrogens is 4. The Morgan fingerprint density at radius 3 is 1.78 bits per heavy atom. The van der Waals surface area contributed by atoms with E-state index in [-0.39, 0.29) is 0 Å². The lowest BCUT2D eigenvalue weighted by Crippen LogP contribution is -2.39. The highest BCUT2D eigenvalue weighted by Gasteiger charge is 2.41. The van der Waals surface area contributed by atoms with E-state index in [0.717, 1.165) is 35.2 Å². The summed E-state index contributed by atoms with van der Waals surface area (Å²) in [5.41, 5.74) is 4.71. The van der Waals surface area contributed by atoms with Crippen LogP contribution in [0.1, 0.15) is 22.3 Å². The molecule has 1 atom stereocenters. The van der Waals surface area contributed by atoms with E-state index in [1.165, 1.54) is 5.56 Å². The molecule has 6 nitrogen and oxygen atoms in total. The predicted octanol–water partition coefficient (Wildman–Crippen LogP) is 4.72. The number of hydrogen-bond acceptors (Lipinski definition) is 5. The molecule has 4 aromatic carbocycles. The molecule has 6 rings (SSSR count). The lowest BCUT2D eigenvalue weighted by atomic mass is 9.77. The van der Waals surface area contributed by atoms with Crippen molar-refractivity contribution in [1.29, 1.82) is 0 Å². The molecule has 0 amide bonds. The summed E-state index contributed by atoms with van der Waals surface area (Å²) < 4.78 is 1.97. The SMILES string of the molecule is C1=NCC(Cc2ccc(-c3nnnn3C(c3ccccc3)(c3ccccc3)c3ccccc3)cc2)N1. The smallest absolute Gasteiger partial charge is 0.183 e. The Morgan fingerprint density at radius 2 is 1.28 bits per heavy atom. The average molecular weight is 471 g/mol. The van der Waals surface area contributed by atoms with Crippen molar-refractivity contribution >= 4 is 6.34 Å². The standard InChI is InChI=1S/C30H26N6/c1-4-10-25(11-5-1)30(26-12-6-2-7-13-26,27-14-8-3-9-15-27)36-29(33-34-35-36)24-18-16-23(17-19-24)20-28-21-31-22-32-28/h1-19,22,28H,20-21H2,(H,31,32). The highest BCUT2D eigenvalue weighted by Crippen LogP contribution is 2.42. The van der Waals surface area contributed by atoms with E-state index in [1.807, 2.05) is 22.9 Å². The number of nitrogens with zero attached hydrogens (tertiary/aromatic N) is 5. The number of nitrogens with one attached hydrogen (secondary N) is 1. The molecule has 2 heterocycles. The number of aliphatic imine (C=N–C) groups is 1. The number of tetrazole rings is 1. The maximum absolute atomic E-state index is 4.63. The number of rotatable bonds is 7. The van der Waals surface area contributed by atoms with Crippen LogP contribution in [0.2, 0.25) is 0 Å². The molecule has 176 valence electrons. The van der Waals surface area contributed by atoms with Crippen molar-refractivity contribution in [3.8, 4) is 11.4 Å². The maximum Gasteiger partial charge on any atom is 0.183 e. The summed E-state index contributed by atoms with van der Waals surface area (Å²) in [5, 5.41) is 16.6. The second kappa shape index (κ2) is 9.58. The van der Waals surface area contributed by atoms with Crippen molar-refractivity contribution in [2.45, 2.75) is 18.0 Å². The molecule has 5 aromatic rings. The summed E-state index contributed by atoms with van der Waals surface area (Å²) in [7, 11) is 0. The van der Waals surface area contributed by atoms with Gasteiger partial charge in [0.15, 0.2) is 5.82 Å². The van der Waals surface area contributed by atoms with Crippen LogP contribution in [0, 0.1) is 0 Å². The minimum Gasteiger partial charge on any atom is -0.372 e. The number of hydrogen-bond donors (Lipinski definition) is 1. The van der Waals surface area contributed by atoms with Crippen molar-refractivity contribution in [3.63, 3.8) is 0 Å². The largest absolute Gasteiger partial charge is 0.372 e. The van der Waals surface area contributed by atoms with Gasteiger partial charge in [0.25, 0.3) is 0 Å². The summed E-state index contributed by atoms with van der Waals surface area (Å²) in [6.45, 7) is 0.813. The fourth-order valence-corrected chi connectivity index (χ4v) is 5.09. The monoisotopic (exact) mass is 470 g/mol. The molecule has 0 radical (unpaired) electrons. The van der Waals surface area contributed by atoms with Crippen LogP contribution in [0.4, 0.5) is 0 Å². The van der Waals surface area contributed by atoms with Gasteiger partial charge in [-0.1, -0.05) is 115 Å². The molecule has 1 unspecified atom stereocenters. The second-order valence-electron chi connectivity index (χ2n) is 8.98. The highest BCUT2D eigenvalue weighted by atomic mass is 15.6. The van der Waals surface area contributed by atoms with Gasteiger partial charge in [-0.3, -0.25) is 4.99 Å². The van der Waals surface area contributed by atoms with Crippen molar-refractivity contribution in [1.82, 2.24) is 25.5 Å². The predicted molar refractivity (Wildman–Crippen MR) is 142 cm³/mol. The molecule has 0 bridgehead atoms. The Hall–Kier alpha value is -4.58. The molecule has 6 heteroatoms. The molecule has 1 aliphatic rings. The van der Waals surface area contributed by atoms with Gasteiger partial charge >= 0.3 is 0 Å². The lowest BCUT2D eigenvalue weighted by Gasteiger charge is -2.36. The van der Waals surface area contributed by atoms with Crippen molar-refractivity contribution < 1.29 is 0 Å². The zero-order valence-corrected chi connectivity index (χ0v) is 19.8. The van der Waals surface area contributed by atoms with Crippen LogP contribution in [-0.4, -0.2) is 39.1 Å². The summed E-state index contributed by atoms with van der Waals surface area (Å²) >= 11 is 0. The van der Waals surface area contributed by atoms with Crippen LogP contribution in [0.25, 0.3) is 11.4 Å². The third-order valence-corrected chi connectivity index (χ3v) is 6.78. The van der Waals surface area contributed by atoms with Gasteiger partial charge in [-0.15, -0.1) is 5.10 Å². The Labute approximate surface area is 210 Å². The van der Waals surface area contributed by atoms with E-state index in [9.17, 15) is 0 Å². The molecule has 1 aromatic heterocycles. The molecule has 0 fully saturated rings. The van der Waals surface area contributed by atoms with Gasteiger partial charge in [0.2, 0.25) is 0 Å². The van der Waals surface area contributed by atoms with Gasteiger partial charge in [0.1, 0.15) is 5.54 Å². The van der Waals surface area contributed by atoms with E-state index in [2.05, 4.69) is 123 Å². The molecule has 0 spiro atoms. The maximum atomic E-state index is 4.63. The summed E-state index contributed by atoms with van der Waals surface area (Å²) in [4.78, 5) is 4.28. The fraction of sp³-hybridized carbons (Fsp3) is 0.133. The summed E-state index contributed by atoms with van der Waals surface area (Å²) in [6, 6.07) is 40.2. The Balaban J connectivity index is 1.53. The minimum absolute atomic E-state index is 0.350. The Bertz CT molecular complexity index is 1340. The van der Waals surface area contributed by atoms with Crippen LogP contribution >= 0.6 is 0 Å². The number of benzene rings is 4. The molecule has 0 saturated carbocycles. The van der Waals surface area contributed by atoms with Crippen molar-refractivity contribution in [3.05, 3.63) is 138 Å². The van der Waals surface area contributed by atoms with Crippen LogP contribution < -0.4 is 5.32 Å². The first kappa shape index (κ1) is 21.9. The average Bonchev–Trinajstić information content (AvgIpc) is 3.65. The van der Waals surface area contributed by atoms with E-state index >= 15 is 0 Å². The minimum atomic E-state index is -0.758. The van der Waals surface area contributed by atoms with E-state index < -0.39 is 5.54 Å². The van der Waals surface area contributed by atoms with Gasteiger partial charge in [0, 0.05) is 5.56 Å². The van der Waals surface area contributed by atoms with E-state index in [4.69, 9.17) is 0 Å². The highest BCUT2D eigenvalue weighted by molar-refractivity contribution is 5.60. The van der Waals surface area contributed by atoms with Crippen molar-refractivity contribution in [2.24, 2.45) is 4.99 Å². The second-order valence-corrected chi connectivity index (χ2v) is 8.98. The van der Waals surface area contributed by atoms with Crippen LogP contribution in [-0.2, 0) is 12.0 Å². The Morgan fingerprint density at radius 1 is 0.722 bits per heavy atom. The molecule has 1 aliphatic heterocycles. The zero-order chi connectivity index (χ0) is 24.2. The van der Waals surface area contributed by atoms with Gasteiger partial charge in [0.05, 0.1) is 18.9 Å². The lowest BCUT2D eigenvalue weighted by molar-refractivity contribution is 0.451. The van der Waals surface area contributed by atoms with Gasteiger partial charge in [-0.25, -0.2) is 4.68 Å². The van der Waals surface area contributed by atoms with Crippen molar-refractivity contribution in [2.75, 3.05) is 6.54 Å². The first-order valence-electron chi connectivity index (χ1n) is 12.1. The molecule has 1 N–H and O–H groups in total. The van der Waals surface area contributed by atoms with E-state index in [1.54, 1.807) is 6.34 Å². The van der Waals surface area contributed by atoms with Gasteiger partial charge in [-0.05, 0) is 39.1 Å². The Kier molecular flexibility index (Phi) is 5.83. The first-order chi connectivity index (χ1) is 17.9. The topological polar surface area (TPSA) is 68.0 Å². The van der Waals surface area contributed by atoms with Gasteiger partial charge in [-0.2, -0.15) is 0 Å².